The van der Waals surface area contributed by atoms with E-state index in [0.717, 1.165) is 32.6 Å². The molecule has 5 heteroatoms. The lowest BCUT2D eigenvalue weighted by Crippen LogP contribution is -2.29. The predicted octanol–water partition coefficient (Wildman–Crippen LogP) is 1.78. The van der Waals surface area contributed by atoms with E-state index >= 15 is 0 Å². The lowest BCUT2D eigenvalue weighted by molar-refractivity contribution is -0.115. The molecule has 1 aliphatic rings. The van der Waals surface area contributed by atoms with Gasteiger partial charge < -0.3 is 15.4 Å². The lowest BCUT2D eigenvalue weighted by atomic mass is 10.1. The normalized spacial score (nSPS) is 18.5. The van der Waals surface area contributed by atoms with Gasteiger partial charge in [-0.15, -0.1) is 0 Å². The Morgan fingerprint density at radius 2 is 2.37 bits per heavy atom. The standard InChI is InChI=1S/C14H19FN2O2/c15-12-2-1-3-13(8-12)17-14(18)9-16-6-4-11-5-7-19-10-11/h1-3,8,11,16H,4-7,9-10H2,(H,17,18). The third kappa shape index (κ3) is 4.96. The molecule has 1 unspecified atom stereocenters. The summed E-state index contributed by atoms with van der Waals surface area (Å²) in [6, 6.07) is 5.88. The van der Waals surface area contributed by atoms with Crippen LogP contribution in [-0.4, -0.2) is 32.2 Å². The van der Waals surface area contributed by atoms with Gasteiger partial charge in [-0.2, -0.15) is 0 Å². The quantitative estimate of drug-likeness (QED) is 0.772. The Labute approximate surface area is 112 Å². The number of amides is 1. The fourth-order valence-electron chi connectivity index (χ4n) is 2.09. The van der Waals surface area contributed by atoms with Crippen LogP contribution >= 0.6 is 0 Å². The summed E-state index contributed by atoms with van der Waals surface area (Å²) in [5.74, 6) is 0.0963. The van der Waals surface area contributed by atoms with Gasteiger partial charge in [-0.25, -0.2) is 4.39 Å². The van der Waals surface area contributed by atoms with Crippen LogP contribution in [0.3, 0.4) is 0 Å². The molecule has 19 heavy (non-hydrogen) atoms. The zero-order chi connectivity index (χ0) is 13.5. The van der Waals surface area contributed by atoms with Crippen LogP contribution in [0, 0.1) is 11.7 Å². The van der Waals surface area contributed by atoms with E-state index in [-0.39, 0.29) is 18.3 Å². The molecule has 0 saturated carbocycles. The minimum Gasteiger partial charge on any atom is -0.381 e. The van der Waals surface area contributed by atoms with Gasteiger partial charge in [0.15, 0.2) is 0 Å². The number of nitrogens with one attached hydrogen (secondary N) is 2. The highest BCUT2D eigenvalue weighted by molar-refractivity contribution is 5.92. The molecule has 1 aromatic carbocycles. The van der Waals surface area contributed by atoms with Gasteiger partial charge in [0.25, 0.3) is 0 Å². The highest BCUT2D eigenvalue weighted by Gasteiger charge is 2.14. The van der Waals surface area contributed by atoms with Crippen LogP contribution in [-0.2, 0) is 9.53 Å². The van der Waals surface area contributed by atoms with Crippen molar-refractivity contribution in [2.45, 2.75) is 12.8 Å². The molecule has 2 rings (SSSR count). The molecular formula is C14H19FN2O2. The summed E-state index contributed by atoms with van der Waals surface area (Å²) in [6.07, 6.45) is 2.13. The number of anilines is 1. The smallest absolute Gasteiger partial charge is 0.238 e. The van der Waals surface area contributed by atoms with Crippen molar-refractivity contribution < 1.29 is 13.9 Å². The Bertz CT molecular complexity index is 420. The summed E-state index contributed by atoms with van der Waals surface area (Å²) >= 11 is 0. The number of ether oxygens (including phenoxy) is 1. The van der Waals surface area contributed by atoms with Crippen LogP contribution in [0.15, 0.2) is 24.3 Å². The van der Waals surface area contributed by atoms with Crippen molar-refractivity contribution in [1.29, 1.82) is 0 Å². The second-order valence-corrected chi connectivity index (χ2v) is 4.75. The molecule has 1 heterocycles. The van der Waals surface area contributed by atoms with Crippen molar-refractivity contribution >= 4 is 11.6 Å². The lowest BCUT2D eigenvalue weighted by Gasteiger charge is -2.09. The summed E-state index contributed by atoms with van der Waals surface area (Å²) in [5.41, 5.74) is 0.482. The summed E-state index contributed by atoms with van der Waals surface area (Å²) < 4.78 is 18.2. The van der Waals surface area contributed by atoms with Crippen molar-refractivity contribution in [2.24, 2.45) is 5.92 Å². The predicted molar refractivity (Wildman–Crippen MR) is 71.4 cm³/mol. The first-order chi connectivity index (χ1) is 9.24. The Hall–Kier alpha value is -1.46. The number of benzene rings is 1. The molecule has 0 aromatic heterocycles. The molecule has 1 fully saturated rings. The Kier molecular flexibility index (Phi) is 5.30. The Morgan fingerprint density at radius 3 is 3.11 bits per heavy atom. The van der Waals surface area contributed by atoms with Crippen LogP contribution in [0.1, 0.15) is 12.8 Å². The highest BCUT2D eigenvalue weighted by Crippen LogP contribution is 2.15. The largest absolute Gasteiger partial charge is 0.381 e. The van der Waals surface area contributed by atoms with E-state index in [4.69, 9.17) is 4.74 Å². The van der Waals surface area contributed by atoms with E-state index in [1.165, 1.54) is 12.1 Å². The third-order valence-electron chi connectivity index (χ3n) is 3.15. The van der Waals surface area contributed by atoms with Crippen LogP contribution < -0.4 is 10.6 Å². The minimum atomic E-state index is -0.355. The number of halogens is 1. The van der Waals surface area contributed by atoms with E-state index in [1.807, 2.05) is 0 Å². The molecule has 1 aliphatic heterocycles. The monoisotopic (exact) mass is 266 g/mol. The molecule has 0 aliphatic carbocycles. The third-order valence-corrected chi connectivity index (χ3v) is 3.15. The van der Waals surface area contributed by atoms with Crippen molar-refractivity contribution in [3.8, 4) is 0 Å². The molecule has 1 atom stereocenters. The topological polar surface area (TPSA) is 50.4 Å². The highest BCUT2D eigenvalue weighted by atomic mass is 19.1. The van der Waals surface area contributed by atoms with Crippen LogP contribution in [0.25, 0.3) is 0 Å². The van der Waals surface area contributed by atoms with E-state index in [9.17, 15) is 9.18 Å². The molecule has 1 aromatic rings. The minimum absolute atomic E-state index is 0.159. The molecule has 0 radical (unpaired) electrons. The average molecular weight is 266 g/mol. The molecular weight excluding hydrogens is 247 g/mol. The van der Waals surface area contributed by atoms with Gasteiger partial charge in [0, 0.05) is 18.9 Å². The number of hydrogen-bond acceptors (Lipinski definition) is 3. The maximum atomic E-state index is 12.9. The van der Waals surface area contributed by atoms with E-state index in [0.29, 0.717) is 11.6 Å². The summed E-state index contributed by atoms with van der Waals surface area (Å²) in [7, 11) is 0. The van der Waals surface area contributed by atoms with Crippen molar-refractivity contribution in [2.75, 3.05) is 31.6 Å². The van der Waals surface area contributed by atoms with E-state index in [1.54, 1.807) is 12.1 Å². The zero-order valence-corrected chi connectivity index (χ0v) is 10.8. The molecule has 2 N–H and O–H groups in total. The van der Waals surface area contributed by atoms with Gasteiger partial charge in [0.05, 0.1) is 6.54 Å². The van der Waals surface area contributed by atoms with Gasteiger partial charge in [0.2, 0.25) is 5.91 Å². The van der Waals surface area contributed by atoms with Crippen LogP contribution in [0.2, 0.25) is 0 Å². The zero-order valence-electron chi connectivity index (χ0n) is 10.8. The Balaban J connectivity index is 1.61. The average Bonchev–Trinajstić information content (AvgIpc) is 2.88. The van der Waals surface area contributed by atoms with Gasteiger partial charge in [-0.05, 0) is 43.5 Å². The van der Waals surface area contributed by atoms with Gasteiger partial charge in [-0.1, -0.05) is 6.07 Å². The van der Waals surface area contributed by atoms with Crippen molar-refractivity contribution in [3.63, 3.8) is 0 Å². The second kappa shape index (κ2) is 7.21. The fourth-order valence-corrected chi connectivity index (χ4v) is 2.09. The summed E-state index contributed by atoms with van der Waals surface area (Å²) in [4.78, 5) is 11.6. The van der Waals surface area contributed by atoms with Gasteiger partial charge in [0.1, 0.15) is 5.82 Å². The SMILES string of the molecule is O=C(CNCCC1CCOC1)Nc1cccc(F)c1. The van der Waals surface area contributed by atoms with Gasteiger partial charge >= 0.3 is 0 Å². The maximum Gasteiger partial charge on any atom is 0.238 e. The number of carbonyl (C=O) groups is 1. The number of rotatable bonds is 6. The van der Waals surface area contributed by atoms with E-state index < -0.39 is 0 Å². The molecule has 0 spiro atoms. The molecule has 104 valence electrons. The first kappa shape index (κ1) is 14.0. The molecule has 0 bridgehead atoms. The van der Waals surface area contributed by atoms with Crippen molar-refractivity contribution in [3.05, 3.63) is 30.1 Å². The second-order valence-electron chi connectivity index (χ2n) is 4.75. The summed E-state index contributed by atoms with van der Waals surface area (Å²) in [5, 5.41) is 5.73. The Morgan fingerprint density at radius 1 is 1.47 bits per heavy atom. The number of hydrogen-bond donors (Lipinski definition) is 2. The van der Waals surface area contributed by atoms with Crippen molar-refractivity contribution in [1.82, 2.24) is 5.32 Å². The van der Waals surface area contributed by atoms with Crippen LogP contribution in [0.4, 0.5) is 10.1 Å². The van der Waals surface area contributed by atoms with Gasteiger partial charge in [-0.3, -0.25) is 4.79 Å². The first-order valence-electron chi connectivity index (χ1n) is 6.58. The molecule has 1 saturated heterocycles. The number of carbonyl (C=O) groups excluding carboxylic acids is 1. The molecule has 4 nitrogen and oxygen atoms in total. The molecule has 1 amide bonds. The first-order valence-corrected chi connectivity index (χ1v) is 6.58. The fraction of sp³-hybridized carbons (Fsp3) is 0.500. The maximum absolute atomic E-state index is 12.9. The van der Waals surface area contributed by atoms with Crippen LogP contribution in [0.5, 0.6) is 0 Å². The van der Waals surface area contributed by atoms with E-state index in [2.05, 4.69) is 10.6 Å². The summed E-state index contributed by atoms with van der Waals surface area (Å²) in [6.45, 7) is 2.72.